The molecule has 0 spiro atoms. The van der Waals surface area contributed by atoms with Crippen molar-refractivity contribution in [1.82, 2.24) is 14.9 Å². The van der Waals surface area contributed by atoms with E-state index in [-0.39, 0.29) is 30.1 Å². The lowest BCUT2D eigenvalue weighted by Crippen LogP contribution is -2.29. The Morgan fingerprint density at radius 2 is 2.06 bits per heavy atom. The van der Waals surface area contributed by atoms with Crippen molar-refractivity contribution in [2.24, 2.45) is 0 Å². The van der Waals surface area contributed by atoms with E-state index in [4.69, 9.17) is 9.47 Å². The number of benzene rings is 1. The molecule has 10 nitrogen and oxygen atoms in total. The lowest BCUT2D eigenvalue weighted by atomic mass is 10.0. The zero-order valence-electron chi connectivity index (χ0n) is 18.6. The maximum Gasteiger partial charge on any atom is 0.414 e. The second-order valence-electron chi connectivity index (χ2n) is 8.86. The topological polar surface area (TPSA) is 115 Å². The highest BCUT2D eigenvalue weighted by molar-refractivity contribution is 5.97. The first-order valence-corrected chi connectivity index (χ1v) is 11.4. The van der Waals surface area contributed by atoms with Gasteiger partial charge in [-0.15, -0.1) is 0 Å². The highest BCUT2D eigenvalue weighted by Gasteiger charge is 2.33. The third-order valence-electron chi connectivity index (χ3n) is 6.62. The van der Waals surface area contributed by atoms with E-state index >= 15 is 0 Å². The first-order valence-electron chi connectivity index (χ1n) is 11.4. The number of pyridine rings is 2. The summed E-state index contributed by atoms with van der Waals surface area (Å²) in [6.07, 6.45) is 1.01. The summed E-state index contributed by atoms with van der Waals surface area (Å²) in [7, 11) is 0. The van der Waals surface area contributed by atoms with Gasteiger partial charge in [0.2, 0.25) is 0 Å². The van der Waals surface area contributed by atoms with Crippen LogP contribution < -0.4 is 25.8 Å². The summed E-state index contributed by atoms with van der Waals surface area (Å²) in [4.78, 5) is 41.9. The molecule has 11 heteroatoms. The van der Waals surface area contributed by atoms with E-state index in [1.54, 1.807) is 28.8 Å². The fourth-order valence-electron chi connectivity index (χ4n) is 4.97. The molecule has 2 N–H and O–H groups in total. The summed E-state index contributed by atoms with van der Waals surface area (Å²) in [6.45, 7) is 1.77. The number of amides is 2. The molecule has 0 saturated carbocycles. The molecule has 2 amide bonds. The molecule has 180 valence electrons. The number of hydrogen-bond donors (Lipinski definition) is 2. The number of fused-ring (bicyclic) bond motifs is 1. The standard InChI is InChI=1S/C24H22FN5O5/c25-16-9-27-17-2-4-21(32)30-10-13(22(16)23(17)30)8-26-6-5-15-11-29(24(33)35-15)14-1-3-19-18(7-14)28-20(31)12-34-19/h1-4,7,9,13,15,26H,5-6,8,10-12H2,(H,28,31)/t13-,15+/m0/s1. The minimum absolute atomic E-state index is 0.0322. The van der Waals surface area contributed by atoms with Gasteiger partial charge >= 0.3 is 6.09 Å². The quantitative estimate of drug-likeness (QED) is 0.520. The van der Waals surface area contributed by atoms with E-state index in [0.717, 1.165) is 0 Å². The Kier molecular flexibility index (Phi) is 5.14. The number of anilines is 2. The van der Waals surface area contributed by atoms with Crippen LogP contribution in [0.25, 0.3) is 11.0 Å². The van der Waals surface area contributed by atoms with Crippen LogP contribution in [0, 0.1) is 5.82 Å². The Labute approximate surface area is 198 Å². The number of cyclic esters (lactones) is 1. The molecule has 2 atom stereocenters. The van der Waals surface area contributed by atoms with Crippen LogP contribution in [0.4, 0.5) is 20.6 Å². The Hall–Kier alpha value is -3.99. The molecule has 5 heterocycles. The van der Waals surface area contributed by atoms with Crippen LogP contribution in [0.2, 0.25) is 0 Å². The zero-order chi connectivity index (χ0) is 24.1. The molecule has 1 fully saturated rings. The van der Waals surface area contributed by atoms with E-state index in [1.807, 2.05) is 0 Å². The monoisotopic (exact) mass is 479 g/mol. The molecule has 3 aliphatic rings. The summed E-state index contributed by atoms with van der Waals surface area (Å²) in [5, 5.41) is 6.05. The Bertz CT molecular complexity index is 1420. The third-order valence-corrected chi connectivity index (χ3v) is 6.62. The number of hydrogen-bond acceptors (Lipinski definition) is 7. The minimum Gasteiger partial charge on any atom is -0.482 e. The Morgan fingerprint density at radius 3 is 2.94 bits per heavy atom. The van der Waals surface area contributed by atoms with E-state index < -0.39 is 11.9 Å². The van der Waals surface area contributed by atoms with Crippen molar-refractivity contribution < 1.29 is 23.5 Å². The first-order chi connectivity index (χ1) is 17.0. The predicted molar refractivity (Wildman–Crippen MR) is 124 cm³/mol. The number of ether oxygens (including phenoxy) is 2. The zero-order valence-corrected chi connectivity index (χ0v) is 18.6. The van der Waals surface area contributed by atoms with Gasteiger partial charge in [0.05, 0.1) is 29.5 Å². The number of rotatable bonds is 6. The van der Waals surface area contributed by atoms with Gasteiger partial charge in [-0.25, -0.2) is 9.18 Å². The molecule has 0 bridgehead atoms. The number of carbonyl (C=O) groups is 2. The Balaban J connectivity index is 1.06. The van der Waals surface area contributed by atoms with Crippen LogP contribution in [0.1, 0.15) is 17.9 Å². The normalized spacial score (nSPS) is 20.5. The van der Waals surface area contributed by atoms with Gasteiger partial charge in [0.1, 0.15) is 17.7 Å². The van der Waals surface area contributed by atoms with Gasteiger partial charge in [-0.05, 0) is 37.2 Å². The molecular formula is C24H22FN5O5. The average molecular weight is 479 g/mol. The van der Waals surface area contributed by atoms with Crippen molar-refractivity contribution in [1.29, 1.82) is 0 Å². The lowest BCUT2D eigenvalue weighted by Gasteiger charge is -2.20. The van der Waals surface area contributed by atoms with Crippen LogP contribution >= 0.6 is 0 Å². The fourth-order valence-corrected chi connectivity index (χ4v) is 4.97. The summed E-state index contributed by atoms with van der Waals surface area (Å²) >= 11 is 0. The predicted octanol–water partition coefficient (Wildman–Crippen LogP) is 1.97. The maximum atomic E-state index is 14.6. The molecular weight excluding hydrogens is 457 g/mol. The third kappa shape index (κ3) is 3.77. The van der Waals surface area contributed by atoms with Crippen LogP contribution in [0.3, 0.4) is 0 Å². The van der Waals surface area contributed by atoms with E-state index in [2.05, 4.69) is 15.6 Å². The minimum atomic E-state index is -0.454. The molecule has 3 aromatic rings. The number of nitrogens with zero attached hydrogens (tertiary/aromatic N) is 3. The number of carbonyl (C=O) groups excluding carboxylic acids is 2. The number of aromatic nitrogens is 2. The molecule has 3 aliphatic heterocycles. The molecule has 1 aromatic carbocycles. The maximum absolute atomic E-state index is 14.6. The van der Waals surface area contributed by atoms with Crippen molar-refractivity contribution in [3.63, 3.8) is 0 Å². The molecule has 6 rings (SSSR count). The fraction of sp³-hybridized carbons (Fsp3) is 0.333. The van der Waals surface area contributed by atoms with Crippen LogP contribution in [-0.4, -0.2) is 53.9 Å². The summed E-state index contributed by atoms with van der Waals surface area (Å²) in [5.74, 6) is -0.287. The molecule has 0 unspecified atom stereocenters. The summed E-state index contributed by atoms with van der Waals surface area (Å²) < 4.78 is 27.0. The van der Waals surface area contributed by atoms with Gasteiger partial charge in [0.15, 0.2) is 6.61 Å². The van der Waals surface area contributed by atoms with E-state index in [9.17, 15) is 18.8 Å². The van der Waals surface area contributed by atoms with Crippen LogP contribution in [-0.2, 0) is 16.1 Å². The van der Waals surface area contributed by atoms with Crippen LogP contribution in [0.15, 0.2) is 41.3 Å². The van der Waals surface area contributed by atoms with E-state index in [0.29, 0.717) is 66.3 Å². The summed E-state index contributed by atoms with van der Waals surface area (Å²) in [5.41, 5.74) is 2.65. The molecule has 2 aromatic heterocycles. The van der Waals surface area contributed by atoms with Gasteiger partial charge in [0, 0.05) is 36.3 Å². The van der Waals surface area contributed by atoms with Crippen LogP contribution in [0.5, 0.6) is 5.75 Å². The van der Waals surface area contributed by atoms with Crippen molar-refractivity contribution in [3.8, 4) is 5.75 Å². The molecule has 1 saturated heterocycles. The van der Waals surface area contributed by atoms with Crippen molar-refractivity contribution in [2.75, 3.05) is 36.5 Å². The highest BCUT2D eigenvalue weighted by Crippen LogP contribution is 2.34. The number of nitrogens with one attached hydrogen (secondary N) is 2. The molecule has 35 heavy (non-hydrogen) atoms. The van der Waals surface area contributed by atoms with Crippen molar-refractivity contribution in [3.05, 3.63) is 58.3 Å². The highest BCUT2D eigenvalue weighted by atomic mass is 19.1. The average Bonchev–Trinajstić information content (AvgIpc) is 3.42. The van der Waals surface area contributed by atoms with Gasteiger partial charge in [-0.1, -0.05) is 0 Å². The second kappa shape index (κ2) is 8.35. The largest absolute Gasteiger partial charge is 0.482 e. The van der Waals surface area contributed by atoms with Gasteiger partial charge < -0.3 is 24.7 Å². The second-order valence-corrected chi connectivity index (χ2v) is 8.86. The van der Waals surface area contributed by atoms with Gasteiger partial charge in [-0.3, -0.25) is 19.5 Å². The summed E-state index contributed by atoms with van der Waals surface area (Å²) in [6, 6.07) is 8.24. The number of halogens is 1. The van der Waals surface area contributed by atoms with Gasteiger partial charge in [-0.2, -0.15) is 0 Å². The SMILES string of the molecule is O=C1COc2ccc(N3C[C@@H](CCNC[C@H]4Cn5c(=O)ccc6ncc(F)c4c65)OC3=O)cc2N1. The lowest BCUT2D eigenvalue weighted by molar-refractivity contribution is -0.118. The van der Waals surface area contributed by atoms with E-state index in [1.165, 1.54) is 17.2 Å². The smallest absolute Gasteiger partial charge is 0.414 e. The van der Waals surface area contributed by atoms with Crippen molar-refractivity contribution >= 4 is 34.4 Å². The Morgan fingerprint density at radius 1 is 1.17 bits per heavy atom. The molecule has 0 radical (unpaired) electrons. The van der Waals surface area contributed by atoms with Gasteiger partial charge in [0.25, 0.3) is 11.5 Å². The molecule has 0 aliphatic carbocycles. The van der Waals surface area contributed by atoms with Crippen molar-refractivity contribution in [2.45, 2.75) is 25.0 Å². The first kappa shape index (κ1) is 21.5.